The van der Waals surface area contributed by atoms with Gasteiger partial charge in [0.15, 0.2) is 0 Å². The Balaban J connectivity index is 2.87. The SMILES string of the molecule is Cc1ncnc(NC(=O)C(C)C)c1C. The fraction of sp³-hybridized carbons (Fsp3) is 0.500. The Labute approximate surface area is 83.8 Å². The average Bonchev–Trinajstić information content (AvgIpc) is 2.12. The van der Waals surface area contributed by atoms with Crippen LogP contribution in [0.4, 0.5) is 5.82 Å². The van der Waals surface area contributed by atoms with Crippen LogP contribution >= 0.6 is 0 Å². The Morgan fingerprint density at radius 1 is 1.36 bits per heavy atom. The van der Waals surface area contributed by atoms with Crippen molar-refractivity contribution in [3.05, 3.63) is 17.6 Å². The van der Waals surface area contributed by atoms with Crippen LogP contribution in [0.3, 0.4) is 0 Å². The summed E-state index contributed by atoms with van der Waals surface area (Å²) in [6, 6.07) is 0. The Morgan fingerprint density at radius 3 is 2.57 bits per heavy atom. The van der Waals surface area contributed by atoms with Crippen molar-refractivity contribution in [1.82, 2.24) is 9.97 Å². The van der Waals surface area contributed by atoms with Crippen LogP contribution in [0.25, 0.3) is 0 Å². The molecule has 0 fully saturated rings. The van der Waals surface area contributed by atoms with Crippen molar-refractivity contribution >= 4 is 11.7 Å². The summed E-state index contributed by atoms with van der Waals surface area (Å²) < 4.78 is 0. The number of anilines is 1. The first kappa shape index (κ1) is 10.6. The van der Waals surface area contributed by atoms with Crippen molar-refractivity contribution in [3.63, 3.8) is 0 Å². The normalized spacial score (nSPS) is 10.4. The first-order valence-electron chi connectivity index (χ1n) is 4.61. The number of aromatic nitrogens is 2. The minimum Gasteiger partial charge on any atom is -0.310 e. The van der Waals surface area contributed by atoms with Gasteiger partial charge in [-0.05, 0) is 13.8 Å². The number of rotatable bonds is 2. The van der Waals surface area contributed by atoms with E-state index in [1.54, 1.807) is 0 Å². The van der Waals surface area contributed by atoms with Gasteiger partial charge in [0, 0.05) is 17.2 Å². The van der Waals surface area contributed by atoms with Gasteiger partial charge >= 0.3 is 0 Å². The number of hydrogen-bond donors (Lipinski definition) is 1. The van der Waals surface area contributed by atoms with E-state index in [0.29, 0.717) is 5.82 Å². The van der Waals surface area contributed by atoms with Crippen LogP contribution in [0, 0.1) is 19.8 Å². The highest BCUT2D eigenvalue weighted by Gasteiger charge is 2.10. The lowest BCUT2D eigenvalue weighted by atomic mass is 10.2. The first-order valence-corrected chi connectivity index (χ1v) is 4.61. The van der Waals surface area contributed by atoms with Gasteiger partial charge in [-0.25, -0.2) is 9.97 Å². The minimum absolute atomic E-state index is 0.0220. The molecule has 14 heavy (non-hydrogen) atoms. The molecule has 0 aromatic carbocycles. The van der Waals surface area contributed by atoms with E-state index in [9.17, 15) is 4.79 Å². The molecule has 0 atom stereocenters. The highest BCUT2D eigenvalue weighted by atomic mass is 16.1. The number of aryl methyl sites for hydroxylation is 1. The van der Waals surface area contributed by atoms with E-state index in [0.717, 1.165) is 11.3 Å². The summed E-state index contributed by atoms with van der Waals surface area (Å²) in [5.41, 5.74) is 1.81. The van der Waals surface area contributed by atoms with E-state index in [-0.39, 0.29) is 11.8 Å². The average molecular weight is 193 g/mol. The number of nitrogens with zero attached hydrogens (tertiary/aromatic N) is 2. The molecule has 1 amide bonds. The molecular formula is C10H15N3O. The van der Waals surface area contributed by atoms with Crippen molar-refractivity contribution in [2.24, 2.45) is 5.92 Å². The lowest BCUT2D eigenvalue weighted by molar-refractivity contribution is -0.118. The van der Waals surface area contributed by atoms with E-state index in [2.05, 4.69) is 15.3 Å². The van der Waals surface area contributed by atoms with Crippen LogP contribution in [0.5, 0.6) is 0 Å². The maximum Gasteiger partial charge on any atom is 0.228 e. The molecule has 1 N–H and O–H groups in total. The summed E-state index contributed by atoms with van der Waals surface area (Å²) in [6.07, 6.45) is 1.46. The fourth-order valence-electron chi connectivity index (χ4n) is 0.925. The lowest BCUT2D eigenvalue weighted by Gasteiger charge is -2.09. The smallest absolute Gasteiger partial charge is 0.228 e. The van der Waals surface area contributed by atoms with Crippen molar-refractivity contribution in [2.45, 2.75) is 27.7 Å². The molecule has 1 aromatic heterocycles. The Kier molecular flexibility index (Phi) is 3.17. The van der Waals surface area contributed by atoms with Crippen LogP contribution in [0.1, 0.15) is 25.1 Å². The largest absolute Gasteiger partial charge is 0.310 e. The lowest BCUT2D eigenvalue weighted by Crippen LogP contribution is -2.19. The van der Waals surface area contributed by atoms with Gasteiger partial charge in [-0.15, -0.1) is 0 Å². The molecule has 4 nitrogen and oxygen atoms in total. The summed E-state index contributed by atoms with van der Waals surface area (Å²) in [6.45, 7) is 7.48. The van der Waals surface area contributed by atoms with Gasteiger partial charge in [-0.1, -0.05) is 13.8 Å². The molecule has 0 bridgehead atoms. The molecule has 0 aliphatic heterocycles. The fourth-order valence-corrected chi connectivity index (χ4v) is 0.925. The molecule has 0 radical (unpaired) electrons. The number of amides is 1. The van der Waals surface area contributed by atoms with Crippen LogP contribution < -0.4 is 5.32 Å². The molecule has 0 spiro atoms. The minimum atomic E-state index is -0.0373. The third-order valence-electron chi connectivity index (χ3n) is 2.10. The molecule has 0 saturated carbocycles. The zero-order valence-corrected chi connectivity index (χ0v) is 8.96. The monoisotopic (exact) mass is 193 g/mol. The first-order chi connectivity index (χ1) is 6.52. The van der Waals surface area contributed by atoms with Crippen molar-refractivity contribution in [3.8, 4) is 0 Å². The molecule has 1 aromatic rings. The van der Waals surface area contributed by atoms with Crippen LogP contribution in [0.2, 0.25) is 0 Å². The third-order valence-corrected chi connectivity index (χ3v) is 2.10. The zero-order valence-electron chi connectivity index (χ0n) is 8.96. The van der Waals surface area contributed by atoms with Gasteiger partial charge in [0.1, 0.15) is 12.1 Å². The van der Waals surface area contributed by atoms with Gasteiger partial charge in [0.05, 0.1) is 0 Å². The number of carbonyl (C=O) groups is 1. The van der Waals surface area contributed by atoms with Crippen molar-refractivity contribution in [1.29, 1.82) is 0 Å². The predicted molar refractivity (Wildman–Crippen MR) is 55.0 cm³/mol. The molecule has 0 aliphatic carbocycles. The standard InChI is InChI=1S/C10H15N3O/c1-6(2)10(14)13-9-7(3)8(4)11-5-12-9/h5-6H,1-4H3,(H,11,12,13,14). The van der Waals surface area contributed by atoms with Crippen LogP contribution in [0.15, 0.2) is 6.33 Å². The van der Waals surface area contributed by atoms with Crippen LogP contribution in [-0.2, 0) is 4.79 Å². The second kappa shape index (κ2) is 4.17. The molecule has 0 saturated heterocycles. The second-order valence-electron chi connectivity index (χ2n) is 3.58. The van der Waals surface area contributed by atoms with Gasteiger partial charge in [0.25, 0.3) is 0 Å². The quantitative estimate of drug-likeness (QED) is 0.777. The Morgan fingerprint density at radius 2 is 2.00 bits per heavy atom. The Bertz CT molecular complexity index is 347. The maximum atomic E-state index is 11.4. The zero-order chi connectivity index (χ0) is 10.7. The molecule has 0 unspecified atom stereocenters. The summed E-state index contributed by atoms with van der Waals surface area (Å²) in [5.74, 6) is 0.548. The highest BCUT2D eigenvalue weighted by molar-refractivity contribution is 5.91. The van der Waals surface area contributed by atoms with E-state index < -0.39 is 0 Å². The van der Waals surface area contributed by atoms with Crippen molar-refractivity contribution < 1.29 is 4.79 Å². The van der Waals surface area contributed by atoms with E-state index in [4.69, 9.17) is 0 Å². The highest BCUT2D eigenvalue weighted by Crippen LogP contribution is 2.13. The van der Waals surface area contributed by atoms with E-state index in [1.807, 2.05) is 27.7 Å². The number of hydrogen-bond acceptors (Lipinski definition) is 3. The van der Waals surface area contributed by atoms with Crippen molar-refractivity contribution in [2.75, 3.05) is 5.32 Å². The van der Waals surface area contributed by atoms with Crippen LogP contribution in [-0.4, -0.2) is 15.9 Å². The van der Waals surface area contributed by atoms with Gasteiger partial charge < -0.3 is 5.32 Å². The third kappa shape index (κ3) is 2.28. The van der Waals surface area contributed by atoms with Gasteiger partial charge in [0.2, 0.25) is 5.91 Å². The number of carbonyl (C=O) groups excluding carboxylic acids is 1. The molecule has 1 heterocycles. The molecule has 0 aliphatic rings. The van der Waals surface area contributed by atoms with E-state index >= 15 is 0 Å². The van der Waals surface area contributed by atoms with Gasteiger partial charge in [-0.2, -0.15) is 0 Å². The number of nitrogens with one attached hydrogen (secondary N) is 1. The maximum absolute atomic E-state index is 11.4. The topological polar surface area (TPSA) is 54.9 Å². The van der Waals surface area contributed by atoms with E-state index in [1.165, 1.54) is 6.33 Å². The molecule has 76 valence electrons. The Hall–Kier alpha value is -1.45. The summed E-state index contributed by atoms with van der Waals surface area (Å²) >= 11 is 0. The predicted octanol–water partition coefficient (Wildman–Crippen LogP) is 1.69. The summed E-state index contributed by atoms with van der Waals surface area (Å²) in [7, 11) is 0. The molecular weight excluding hydrogens is 178 g/mol. The summed E-state index contributed by atoms with van der Waals surface area (Å²) in [5, 5.41) is 2.76. The molecule has 1 rings (SSSR count). The second-order valence-corrected chi connectivity index (χ2v) is 3.58. The molecule has 4 heteroatoms. The summed E-state index contributed by atoms with van der Waals surface area (Å²) in [4.78, 5) is 19.5. The van der Waals surface area contributed by atoms with Gasteiger partial charge in [-0.3, -0.25) is 4.79 Å².